The van der Waals surface area contributed by atoms with Crippen molar-refractivity contribution in [3.05, 3.63) is 24.2 Å². The van der Waals surface area contributed by atoms with Crippen LogP contribution in [0.4, 0.5) is 5.82 Å². The molecule has 2 aromatic heterocycles. The van der Waals surface area contributed by atoms with E-state index in [1.165, 1.54) is 0 Å². The minimum atomic E-state index is -1.19. The molecule has 1 saturated carbocycles. The molecule has 232 valence electrons. The number of ether oxygens (including phenoxy) is 5. The van der Waals surface area contributed by atoms with Gasteiger partial charge >= 0.3 is 0 Å². The Kier molecular flexibility index (Phi) is 10.1. The molecule has 0 aromatic carbocycles. The van der Waals surface area contributed by atoms with Gasteiger partial charge in [-0.15, -0.1) is 0 Å². The van der Waals surface area contributed by atoms with Gasteiger partial charge in [-0.2, -0.15) is 5.10 Å². The van der Waals surface area contributed by atoms with E-state index in [0.717, 1.165) is 55.2 Å². The Hall–Kier alpha value is -1.35. The molecule has 1 saturated heterocycles. The van der Waals surface area contributed by atoms with Gasteiger partial charge in [-0.25, -0.2) is 9.50 Å². The molecule has 1 aliphatic carbocycles. The van der Waals surface area contributed by atoms with E-state index in [-0.39, 0.29) is 23.5 Å². The standard InChI is InChI=1S/C30H54N4O5Si2/c1-11-30(19-35-4)18-23(26-27(30)39-29(2,3)38-26)24-12-13-25-28(31-20-32-34(24)25)33(21-36-14-16-40(5,6)7)22-37-15-17-41(8,9)10/h12-13,20,23,26-27H,11,14-19,21-22H2,1-10H3/t23-,26-,27-,30-/m0/s1. The number of nitrogens with zero attached hydrogens (tertiary/aromatic N) is 4. The van der Waals surface area contributed by atoms with Crippen LogP contribution in [0.2, 0.25) is 51.4 Å². The molecule has 2 fully saturated rings. The van der Waals surface area contributed by atoms with Gasteiger partial charge in [0.25, 0.3) is 0 Å². The molecular formula is C30H54N4O5Si2. The number of rotatable bonds is 15. The maximum atomic E-state index is 6.55. The van der Waals surface area contributed by atoms with Crippen LogP contribution in [0.3, 0.4) is 0 Å². The van der Waals surface area contributed by atoms with Crippen LogP contribution in [0.1, 0.15) is 45.2 Å². The summed E-state index contributed by atoms with van der Waals surface area (Å²) >= 11 is 0. The van der Waals surface area contributed by atoms with Crippen LogP contribution >= 0.6 is 0 Å². The Balaban J connectivity index is 1.61. The van der Waals surface area contributed by atoms with Crippen LogP contribution in [0.5, 0.6) is 0 Å². The highest BCUT2D eigenvalue weighted by atomic mass is 28.3. The number of methoxy groups -OCH3 is 1. The number of aromatic nitrogens is 3. The molecule has 0 spiro atoms. The molecule has 2 aromatic rings. The molecule has 3 heterocycles. The quantitative estimate of drug-likeness (QED) is 0.135. The first kappa shape index (κ1) is 32.6. The highest BCUT2D eigenvalue weighted by Gasteiger charge is 2.61. The molecule has 4 rings (SSSR count). The van der Waals surface area contributed by atoms with E-state index in [9.17, 15) is 0 Å². The summed E-state index contributed by atoms with van der Waals surface area (Å²) in [7, 11) is -0.602. The molecule has 1 aliphatic heterocycles. The maximum absolute atomic E-state index is 6.55. The lowest BCUT2D eigenvalue weighted by atomic mass is 9.81. The second-order valence-electron chi connectivity index (χ2n) is 14.9. The average Bonchev–Trinajstić information content (AvgIpc) is 3.52. The van der Waals surface area contributed by atoms with Crippen LogP contribution in [0.25, 0.3) is 5.52 Å². The van der Waals surface area contributed by atoms with Crippen molar-refractivity contribution in [2.24, 2.45) is 5.41 Å². The van der Waals surface area contributed by atoms with Crippen LogP contribution in [0.15, 0.2) is 18.5 Å². The van der Waals surface area contributed by atoms with E-state index >= 15 is 0 Å². The van der Waals surface area contributed by atoms with Crippen molar-refractivity contribution in [1.82, 2.24) is 14.6 Å². The van der Waals surface area contributed by atoms with Crippen LogP contribution < -0.4 is 4.90 Å². The fraction of sp³-hybridized carbons (Fsp3) is 0.800. The SMILES string of the molecule is CC[C@@]1(COC)C[C@@H](c2ccc3c(N(COCC[Si](C)(C)C)COCC[Si](C)(C)C)ncnn23)[C@@H]2OC(C)(C)O[C@@H]21. The summed E-state index contributed by atoms with van der Waals surface area (Å²) in [5.74, 6) is 0.313. The Morgan fingerprint density at radius 2 is 1.63 bits per heavy atom. The number of anilines is 1. The van der Waals surface area contributed by atoms with Gasteiger partial charge in [0, 0.05) is 53.5 Å². The van der Waals surface area contributed by atoms with E-state index in [2.05, 4.69) is 63.2 Å². The van der Waals surface area contributed by atoms with Crippen LogP contribution in [0, 0.1) is 5.41 Å². The lowest BCUT2D eigenvalue weighted by Gasteiger charge is -2.33. The lowest BCUT2D eigenvalue weighted by molar-refractivity contribution is -0.172. The second kappa shape index (κ2) is 12.7. The zero-order valence-electron chi connectivity index (χ0n) is 27.2. The van der Waals surface area contributed by atoms with Crippen molar-refractivity contribution in [3.8, 4) is 0 Å². The Morgan fingerprint density at radius 1 is 1.00 bits per heavy atom. The van der Waals surface area contributed by atoms with Crippen molar-refractivity contribution >= 4 is 27.5 Å². The fourth-order valence-electron chi connectivity index (χ4n) is 6.11. The normalized spacial score (nSPS) is 26.1. The van der Waals surface area contributed by atoms with Gasteiger partial charge in [-0.1, -0.05) is 46.2 Å². The average molecular weight is 607 g/mol. The minimum absolute atomic E-state index is 0.0321. The second-order valence-corrected chi connectivity index (χ2v) is 26.1. The number of hydrogen-bond acceptors (Lipinski definition) is 8. The smallest absolute Gasteiger partial charge is 0.163 e. The molecular weight excluding hydrogens is 553 g/mol. The van der Waals surface area contributed by atoms with Crippen molar-refractivity contribution in [3.63, 3.8) is 0 Å². The minimum Gasteiger partial charge on any atom is -0.384 e. The van der Waals surface area contributed by atoms with Crippen molar-refractivity contribution in [2.45, 2.75) is 109 Å². The van der Waals surface area contributed by atoms with Crippen molar-refractivity contribution < 1.29 is 23.7 Å². The molecule has 4 atom stereocenters. The first-order valence-electron chi connectivity index (χ1n) is 15.3. The topological polar surface area (TPSA) is 79.6 Å². The van der Waals surface area contributed by atoms with E-state index in [1.54, 1.807) is 13.4 Å². The van der Waals surface area contributed by atoms with Gasteiger partial charge in [-0.3, -0.25) is 0 Å². The van der Waals surface area contributed by atoms with Crippen molar-refractivity contribution in [2.75, 3.05) is 45.3 Å². The highest BCUT2D eigenvalue weighted by Crippen LogP contribution is 2.56. The van der Waals surface area contributed by atoms with E-state index < -0.39 is 21.9 Å². The van der Waals surface area contributed by atoms with Gasteiger partial charge in [0.05, 0.1) is 18.8 Å². The summed E-state index contributed by atoms with van der Waals surface area (Å²) in [6.07, 6.45) is 3.42. The van der Waals surface area contributed by atoms with Gasteiger partial charge in [-0.05, 0) is 50.9 Å². The first-order chi connectivity index (χ1) is 19.2. The molecule has 0 bridgehead atoms. The molecule has 0 N–H and O–H groups in total. The molecule has 11 heteroatoms. The molecule has 0 unspecified atom stereocenters. The van der Waals surface area contributed by atoms with Gasteiger partial charge in [0.1, 0.15) is 25.3 Å². The summed E-state index contributed by atoms with van der Waals surface area (Å²) in [6.45, 7) is 23.5. The highest BCUT2D eigenvalue weighted by molar-refractivity contribution is 6.76. The maximum Gasteiger partial charge on any atom is 0.163 e. The Morgan fingerprint density at radius 3 is 2.20 bits per heavy atom. The summed E-state index contributed by atoms with van der Waals surface area (Å²) in [6, 6.07) is 6.54. The molecule has 9 nitrogen and oxygen atoms in total. The monoisotopic (exact) mass is 606 g/mol. The number of hydrogen-bond donors (Lipinski definition) is 0. The molecule has 0 amide bonds. The summed E-state index contributed by atoms with van der Waals surface area (Å²) in [5.41, 5.74) is 1.95. The molecule has 41 heavy (non-hydrogen) atoms. The zero-order valence-corrected chi connectivity index (χ0v) is 29.2. The lowest BCUT2D eigenvalue weighted by Crippen LogP contribution is -2.38. The van der Waals surface area contributed by atoms with E-state index in [1.807, 2.05) is 18.4 Å². The van der Waals surface area contributed by atoms with Gasteiger partial charge in [0.15, 0.2) is 11.6 Å². The van der Waals surface area contributed by atoms with Gasteiger partial charge < -0.3 is 28.6 Å². The molecule has 2 aliphatic rings. The summed E-state index contributed by atoms with van der Waals surface area (Å²) in [4.78, 5) is 6.84. The van der Waals surface area contributed by atoms with Crippen LogP contribution in [-0.4, -0.2) is 89.1 Å². The zero-order chi connectivity index (χ0) is 30.1. The molecule has 0 radical (unpaired) electrons. The third kappa shape index (κ3) is 7.79. The van der Waals surface area contributed by atoms with E-state index in [4.69, 9.17) is 33.8 Å². The third-order valence-corrected chi connectivity index (χ3v) is 11.9. The summed E-state index contributed by atoms with van der Waals surface area (Å²) < 4.78 is 33.2. The fourth-order valence-corrected chi connectivity index (χ4v) is 7.62. The first-order valence-corrected chi connectivity index (χ1v) is 22.7. The van der Waals surface area contributed by atoms with Crippen molar-refractivity contribution in [1.29, 1.82) is 0 Å². The Labute approximate surface area is 249 Å². The van der Waals surface area contributed by atoms with Gasteiger partial charge in [0.2, 0.25) is 0 Å². The largest absolute Gasteiger partial charge is 0.384 e. The Bertz CT molecular complexity index is 1130. The van der Waals surface area contributed by atoms with Crippen LogP contribution in [-0.2, 0) is 23.7 Å². The van der Waals surface area contributed by atoms with E-state index in [0.29, 0.717) is 20.1 Å². The summed E-state index contributed by atoms with van der Waals surface area (Å²) in [5, 5.41) is 4.74. The predicted molar refractivity (Wildman–Crippen MR) is 169 cm³/mol. The predicted octanol–water partition coefficient (Wildman–Crippen LogP) is 6.21. The number of fused-ring (bicyclic) bond motifs is 2. The third-order valence-electron chi connectivity index (χ3n) is 8.52.